The van der Waals surface area contributed by atoms with Crippen LogP contribution in [-0.2, 0) is 4.79 Å². The minimum atomic E-state index is -0.302. The fourth-order valence-electron chi connectivity index (χ4n) is 2.12. The van der Waals surface area contributed by atoms with Crippen molar-refractivity contribution in [3.63, 3.8) is 0 Å². The Labute approximate surface area is 106 Å². The van der Waals surface area contributed by atoms with Gasteiger partial charge in [0.15, 0.2) is 0 Å². The molecule has 5 heteroatoms. The van der Waals surface area contributed by atoms with Gasteiger partial charge in [0.2, 0.25) is 5.91 Å². The quantitative estimate of drug-likeness (QED) is 0.867. The number of aromatic nitrogens is 1. The van der Waals surface area contributed by atoms with Crippen LogP contribution in [-0.4, -0.2) is 24.0 Å². The van der Waals surface area contributed by atoms with Gasteiger partial charge in [-0.15, -0.1) is 0 Å². The molecule has 0 spiro atoms. The van der Waals surface area contributed by atoms with Gasteiger partial charge < -0.3 is 10.6 Å². The molecule has 2 heterocycles. The minimum Gasteiger partial charge on any atom is -0.316 e. The van der Waals surface area contributed by atoms with Gasteiger partial charge in [0.05, 0.1) is 5.41 Å². The summed E-state index contributed by atoms with van der Waals surface area (Å²) in [6.07, 6.45) is 3.28. The lowest BCUT2D eigenvalue weighted by atomic mass is 9.83. The lowest BCUT2D eigenvalue weighted by Gasteiger charge is -2.24. The molecule has 1 fully saturated rings. The number of carbonyl (C=O) groups excluding carboxylic acids is 1. The molecule has 1 atom stereocenters. The largest absolute Gasteiger partial charge is 0.316 e. The number of nitrogens with zero attached hydrogens (tertiary/aromatic N) is 1. The third kappa shape index (κ3) is 2.58. The molecule has 0 aromatic carbocycles. The Morgan fingerprint density at radius 2 is 2.53 bits per heavy atom. The van der Waals surface area contributed by atoms with Gasteiger partial charge in [-0.25, -0.2) is 4.98 Å². The van der Waals surface area contributed by atoms with Crippen molar-refractivity contribution in [3.8, 4) is 0 Å². The molecule has 1 aliphatic heterocycles. The van der Waals surface area contributed by atoms with E-state index in [9.17, 15) is 4.79 Å². The van der Waals surface area contributed by atoms with Crippen LogP contribution in [0.15, 0.2) is 18.3 Å². The highest BCUT2D eigenvalue weighted by atomic mass is 35.5. The van der Waals surface area contributed by atoms with Crippen LogP contribution in [0.1, 0.15) is 19.8 Å². The predicted molar refractivity (Wildman–Crippen MR) is 68.1 cm³/mol. The number of rotatable bonds is 3. The smallest absolute Gasteiger partial charge is 0.233 e. The summed E-state index contributed by atoms with van der Waals surface area (Å²) in [5.74, 6) is 0.544. The Kier molecular flexibility index (Phi) is 3.64. The molecule has 1 amide bonds. The molecule has 1 saturated heterocycles. The van der Waals surface area contributed by atoms with Gasteiger partial charge in [0, 0.05) is 17.8 Å². The second-order valence-electron chi connectivity index (χ2n) is 4.37. The Bertz CT molecular complexity index is 416. The average molecular weight is 254 g/mol. The highest BCUT2D eigenvalue weighted by Crippen LogP contribution is 2.30. The van der Waals surface area contributed by atoms with Gasteiger partial charge in [-0.2, -0.15) is 0 Å². The minimum absolute atomic E-state index is 0.0276. The summed E-state index contributed by atoms with van der Waals surface area (Å²) in [4.78, 5) is 16.3. The van der Waals surface area contributed by atoms with Crippen molar-refractivity contribution in [1.29, 1.82) is 0 Å². The number of pyridine rings is 1. The van der Waals surface area contributed by atoms with Crippen molar-refractivity contribution < 1.29 is 4.79 Å². The third-order valence-electron chi connectivity index (χ3n) is 3.37. The molecule has 1 aliphatic rings. The highest BCUT2D eigenvalue weighted by molar-refractivity contribution is 6.30. The second kappa shape index (κ2) is 5.02. The van der Waals surface area contributed by atoms with Crippen molar-refractivity contribution in [2.45, 2.75) is 19.8 Å². The fraction of sp³-hybridized carbons (Fsp3) is 0.500. The predicted octanol–water partition coefficient (Wildman–Crippen LogP) is 2.06. The molecule has 0 saturated carbocycles. The first-order valence-corrected chi connectivity index (χ1v) is 6.18. The van der Waals surface area contributed by atoms with Gasteiger partial charge in [0.1, 0.15) is 5.82 Å². The van der Waals surface area contributed by atoms with Crippen LogP contribution in [0.3, 0.4) is 0 Å². The highest BCUT2D eigenvalue weighted by Gasteiger charge is 2.39. The first kappa shape index (κ1) is 12.3. The zero-order valence-corrected chi connectivity index (χ0v) is 10.5. The first-order chi connectivity index (χ1) is 8.16. The summed E-state index contributed by atoms with van der Waals surface area (Å²) < 4.78 is 0. The van der Waals surface area contributed by atoms with Crippen LogP contribution in [0.2, 0.25) is 5.02 Å². The van der Waals surface area contributed by atoms with Gasteiger partial charge in [-0.1, -0.05) is 18.5 Å². The van der Waals surface area contributed by atoms with E-state index in [0.29, 0.717) is 10.8 Å². The number of hydrogen-bond donors (Lipinski definition) is 2. The maximum absolute atomic E-state index is 12.2. The first-order valence-electron chi connectivity index (χ1n) is 5.80. The summed E-state index contributed by atoms with van der Waals surface area (Å²) in [5, 5.41) is 6.65. The molecule has 1 aromatic heterocycles. The van der Waals surface area contributed by atoms with Crippen molar-refractivity contribution >= 4 is 23.3 Å². The maximum atomic E-state index is 12.2. The number of nitrogens with one attached hydrogen (secondary N) is 2. The van der Waals surface area contributed by atoms with E-state index in [2.05, 4.69) is 15.6 Å². The van der Waals surface area contributed by atoms with Crippen LogP contribution in [0.25, 0.3) is 0 Å². The van der Waals surface area contributed by atoms with E-state index in [1.165, 1.54) is 0 Å². The van der Waals surface area contributed by atoms with E-state index in [4.69, 9.17) is 11.6 Å². The molecular formula is C12H16ClN3O. The molecular weight excluding hydrogens is 238 g/mol. The molecule has 0 radical (unpaired) electrons. The zero-order chi connectivity index (χ0) is 12.3. The topological polar surface area (TPSA) is 54.0 Å². The van der Waals surface area contributed by atoms with Crippen LogP contribution in [0, 0.1) is 5.41 Å². The van der Waals surface area contributed by atoms with Crippen molar-refractivity contribution in [2.75, 3.05) is 18.4 Å². The van der Waals surface area contributed by atoms with E-state index in [1.807, 2.05) is 6.92 Å². The third-order valence-corrected chi connectivity index (χ3v) is 3.60. The Morgan fingerprint density at radius 3 is 3.12 bits per heavy atom. The molecule has 92 valence electrons. The van der Waals surface area contributed by atoms with E-state index in [1.54, 1.807) is 18.3 Å². The molecule has 0 bridgehead atoms. The van der Waals surface area contributed by atoms with E-state index >= 15 is 0 Å². The normalized spacial score (nSPS) is 23.6. The molecule has 2 rings (SSSR count). The zero-order valence-electron chi connectivity index (χ0n) is 9.79. The number of amides is 1. The summed E-state index contributed by atoms with van der Waals surface area (Å²) in [6, 6.07) is 3.34. The lowest BCUT2D eigenvalue weighted by Crippen LogP contribution is -2.37. The van der Waals surface area contributed by atoms with E-state index in [-0.39, 0.29) is 11.3 Å². The van der Waals surface area contributed by atoms with Crippen LogP contribution in [0.5, 0.6) is 0 Å². The number of carbonyl (C=O) groups is 1. The van der Waals surface area contributed by atoms with Gasteiger partial charge in [-0.3, -0.25) is 4.79 Å². The van der Waals surface area contributed by atoms with Crippen LogP contribution >= 0.6 is 11.6 Å². The van der Waals surface area contributed by atoms with E-state index < -0.39 is 0 Å². The molecule has 2 N–H and O–H groups in total. The molecule has 4 nitrogen and oxygen atoms in total. The van der Waals surface area contributed by atoms with Gasteiger partial charge in [0.25, 0.3) is 0 Å². The van der Waals surface area contributed by atoms with Crippen LogP contribution in [0.4, 0.5) is 5.82 Å². The van der Waals surface area contributed by atoms with Gasteiger partial charge >= 0.3 is 0 Å². The Hall–Kier alpha value is -1.13. The number of anilines is 1. The number of halogens is 1. The monoisotopic (exact) mass is 253 g/mol. The maximum Gasteiger partial charge on any atom is 0.233 e. The number of hydrogen-bond acceptors (Lipinski definition) is 3. The van der Waals surface area contributed by atoms with Gasteiger partial charge in [-0.05, 0) is 31.5 Å². The Morgan fingerprint density at radius 1 is 1.71 bits per heavy atom. The second-order valence-corrected chi connectivity index (χ2v) is 4.81. The summed E-state index contributed by atoms with van der Waals surface area (Å²) in [5.41, 5.74) is -0.302. The van der Waals surface area contributed by atoms with Crippen molar-refractivity contribution in [1.82, 2.24) is 10.3 Å². The summed E-state index contributed by atoms with van der Waals surface area (Å²) in [6.45, 7) is 3.66. The molecule has 1 unspecified atom stereocenters. The lowest BCUT2D eigenvalue weighted by molar-refractivity contribution is -0.124. The van der Waals surface area contributed by atoms with E-state index in [0.717, 1.165) is 25.9 Å². The molecule has 0 aliphatic carbocycles. The fourth-order valence-corrected chi connectivity index (χ4v) is 2.28. The van der Waals surface area contributed by atoms with Crippen LogP contribution < -0.4 is 10.6 Å². The van der Waals surface area contributed by atoms with Crippen molar-refractivity contribution in [3.05, 3.63) is 23.4 Å². The summed E-state index contributed by atoms with van der Waals surface area (Å²) >= 11 is 5.85. The summed E-state index contributed by atoms with van der Waals surface area (Å²) in [7, 11) is 0. The molecule has 17 heavy (non-hydrogen) atoms. The van der Waals surface area contributed by atoms with Crippen molar-refractivity contribution in [2.24, 2.45) is 5.41 Å². The standard InChI is InChI=1S/C12H16ClN3O/c1-2-12(4-6-14-8-12)11(17)16-10-7-9(13)3-5-15-10/h3,5,7,14H,2,4,6,8H2,1H3,(H,15,16,17). The SMILES string of the molecule is CCC1(C(=O)Nc2cc(Cl)ccn2)CCNC1. The molecule has 1 aromatic rings. The Balaban J connectivity index is 2.10. The average Bonchev–Trinajstić information content (AvgIpc) is 2.78.